The van der Waals surface area contributed by atoms with Crippen molar-refractivity contribution in [3.63, 3.8) is 0 Å². The molecule has 124 valence electrons. The zero-order valence-corrected chi connectivity index (χ0v) is 14.0. The smallest absolute Gasteiger partial charge is 0.358 e. The standard InChI is InChI=1S/C18H24N2O3/c1-13(2)10-11-23-18(21)17-12-15(19-20-17)7-4-14-5-8-16(22-3)9-6-14/h5-6,8-9,12-13H,4,7,10-11H2,1-3H3,(H,19,20). The second kappa shape index (κ2) is 8.36. The van der Waals surface area contributed by atoms with E-state index >= 15 is 0 Å². The van der Waals surface area contributed by atoms with Crippen LogP contribution in [0.15, 0.2) is 30.3 Å². The SMILES string of the molecule is COc1ccc(CCc2cc(C(=O)OCCC(C)C)n[nH]2)cc1. The van der Waals surface area contributed by atoms with Gasteiger partial charge in [0.25, 0.3) is 0 Å². The number of aryl methyl sites for hydroxylation is 2. The molecule has 0 saturated heterocycles. The second-order valence-electron chi connectivity index (χ2n) is 5.94. The lowest BCUT2D eigenvalue weighted by molar-refractivity contribution is 0.0481. The van der Waals surface area contributed by atoms with Crippen molar-refractivity contribution >= 4 is 5.97 Å². The summed E-state index contributed by atoms with van der Waals surface area (Å²) in [5.74, 6) is 1.00. The molecular formula is C18H24N2O3. The first-order valence-electron chi connectivity index (χ1n) is 7.93. The molecule has 0 bridgehead atoms. The number of ether oxygens (including phenoxy) is 2. The molecule has 0 aliphatic heterocycles. The average molecular weight is 316 g/mol. The minimum atomic E-state index is -0.363. The van der Waals surface area contributed by atoms with Crippen LogP contribution in [0.4, 0.5) is 0 Å². The fourth-order valence-corrected chi connectivity index (χ4v) is 2.13. The molecule has 2 aromatic rings. The zero-order chi connectivity index (χ0) is 16.7. The summed E-state index contributed by atoms with van der Waals surface area (Å²) in [6.45, 7) is 4.63. The predicted octanol–water partition coefficient (Wildman–Crippen LogP) is 3.41. The van der Waals surface area contributed by atoms with Crippen molar-refractivity contribution in [3.05, 3.63) is 47.3 Å². The van der Waals surface area contributed by atoms with Crippen LogP contribution in [0.1, 0.15) is 42.0 Å². The fourth-order valence-electron chi connectivity index (χ4n) is 2.13. The summed E-state index contributed by atoms with van der Waals surface area (Å²) in [6.07, 6.45) is 2.52. The Bertz CT molecular complexity index is 617. The number of rotatable bonds is 8. The maximum atomic E-state index is 11.9. The van der Waals surface area contributed by atoms with Gasteiger partial charge in [0.2, 0.25) is 0 Å². The van der Waals surface area contributed by atoms with Crippen molar-refractivity contribution in [1.82, 2.24) is 10.2 Å². The molecular weight excluding hydrogens is 292 g/mol. The van der Waals surface area contributed by atoms with Crippen LogP contribution in [0.3, 0.4) is 0 Å². The van der Waals surface area contributed by atoms with Gasteiger partial charge in [-0.15, -0.1) is 0 Å². The lowest BCUT2D eigenvalue weighted by Gasteiger charge is -2.04. The Labute approximate surface area is 137 Å². The van der Waals surface area contributed by atoms with Gasteiger partial charge in [-0.1, -0.05) is 26.0 Å². The summed E-state index contributed by atoms with van der Waals surface area (Å²) >= 11 is 0. The quantitative estimate of drug-likeness (QED) is 0.758. The molecule has 0 saturated carbocycles. The average Bonchev–Trinajstić information content (AvgIpc) is 3.02. The summed E-state index contributed by atoms with van der Waals surface area (Å²) in [4.78, 5) is 11.9. The second-order valence-corrected chi connectivity index (χ2v) is 5.94. The zero-order valence-electron chi connectivity index (χ0n) is 14.0. The van der Waals surface area contributed by atoms with E-state index in [0.29, 0.717) is 18.2 Å². The maximum Gasteiger partial charge on any atom is 0.358 e. The van der Waals surface area contributed by atoms with Crippen LogP contribution < -0.4 is 4.74 Å². The number of carbonyl (C=O) groups excluding carboxylic acids is 1. The lowest BCUT2D eigenvalue weighted by Crippen LogP contribution is -2.08. The van der Waals surface area contributed by atoms with Gasteiger partial charge < -0.3 is 9.47 Å². The highest BCUT2D eigenvalue weighted by Crippen LogP contribution is 2.13. The van der Waals surface area contributed by atoms with Gasteiger partial charge in [0.05, 0.1) is 13.7 Å². The number of aromatic amines is 1. The first kappa shape index (κ1) is 17.1. The van der Waals surface area contributed by atoms with Crippen LogP contribution in [0.5, 0.6) is 5.75 Å². The third-order valence-corrected chi connectivity index (χ3v) is 3.61. The minimum Gasteiger partial charge on any atom is -0.497 e. The Morgan fingerprint density at radius 2 is 1.96 bits per heavy atom. The van der Waals surface area contributed by atoms with Crippen molar-refractivity contribution in [2.45, 2.75) is 33.1 Å². The monoisotopic (exact) mass is 316 g/mol. The van der Waals surface area contributed by atoms with Gasteiger partial charge in [-0.05, 0) is 48.9 Å². The van der Waals surface area contributed by atoms with Crippen molar-refractivity contribution in [3.8, 4) is 5.75 Å². The molecule has 1 heterocycles. The summed E-state index contributed by atoms with van der Waals surface area (Å²) in [7, 11) is 1.65. The molecule has 0 unspecified atom stereocenters. The van der Waals surface area contributed by atoms with Crippen molar-refractivity contribution in [2.24, 2.45) is 5.92 Å². The fraction of sp³-hybridized carbons (Fsp3) is 0.444. The van der Waals surface area contributed by atoms with Gasteiger partial charge in [-0.2, -0.15) is 5.10 Å². The molecule has 0 spiro atoms. The first-order chi connectivity index (χ1) is 11.1. The van der Waals surface area contributed by atoms with Gasteiger partial charge in [-0.3, -0.25) is 5.10 Å². The van der Waals surface area contributed by atoms with Crippen LogP contribution in [-0.4, -0.2) is 29.9 Å². The summed E-state index contributed by atoms with van der Waals surface area (Å²) in [5.41, 5.74) is 2.48. The molecule has 23 heavy (non-hydrogen) atoms. The Balaban J connectivity index is 1.82. The highest BCUT2D eigenvalue weighted by Gasteiger charge is 2.12. The molecule has 0 atom stereocenters. The topological polar surface area (TPSA) is 64.2 Å². The highest BCUT2D eigenvalue weighted by molar-refractivity contribution is 5.87. The van der Waals surface area contributed by atoms with Gasteiger partial charge in [-0.25, -0.2) is 4.79 Å². The molecule has 1 aromatic heterocycles. The number of nitrogens with zero attached hydrogens (tertiary/aromatic N) is 1. The molecule has 5 heteroatoms. The molecule has 0 radical (unpaired) electrons. The first-order valence-corrected chi connectivity index (χ1v) is 7.93. The number of carbonyl (C=O) groups is 1. The van der Waals surface area contributed by atoms with E-state index in [1.165, 1.54) is 5.56 Å². The van der Waals surface area contributed by atoms with Crippen molar-refractivity contribution < 1.29 is 14.3 Å². The van der Waals surface area contributed by atoms with E-state index in [2.05, 4.69) is 24.0 Å². The third kappa shape index (κ3) is 5.43. The van der Waals surface area contributed by atoms with Crippen LogP contribution in [0.2, 0.25) is 0 Å². The number of nitrogens with one attached hydrogen (secondary N) is 1. The number of aromatic nitrogens is 2. The Kier molecular flexibility index (Phi) is 6.20. The lowest BCUT2D eigenvalue weighted by atomic mass is 10.1. The predicted molar refractivity (Wildman–Crippen MR) is 88.7 cm³/mol. The number of benzene rings is 1. The molecule has 1 aromatic carbocycles. The minimum absolute atomic E-state index is 0.346. The number of hydrogen-bond acceptors (Lipinski definition) is 4. The number of hydrogen-bond donors (Lipinski definition) is 1. The molecule has 2 rings (SSSR count). The third-order valence-electron chi connectivity index (χ3n) is 3.61. The van der Waals surface area contributed by atoms with E-state index in [1.807, 2.05) is 24.3 Å². The maximum absolute atomic E-state index is 11.9. The molecule has 0 amide bonds. The van der Waals surface area contributed by atoms with E-state index in [9.17, 15) is 4.79 Å². The normalized spacial score (nSPS) is 10.8. The highest BCUT2D eigenvalue weighted by atomic mass is 16.5. The molecule has 0 fully saturated rings. The molecule has 5 nitrogen and oxygen atoms in total. The van der Waals surface area contributed by atoms with E-state index in [-0.39, 0.29) is 5.97 Å². The molecule has 0 aliphatic carbocycles. The summed E-state index contributed by atoms with van der Waals surface area (Å²) < 4.78 is 10.3. The number of esters is 1. The van der Waals surface area contributed by atoms with E-state index in [1.54, 1.807) is 13.2 Å². The van der Waals surface area contributed by atoms with Crippen LogP contribution in [-0.2, 0) is 17.6 Å². The van der Waals surface area contributed by atoms with E-state index in [4.69, 9.17) is 9.47 Å². The number of H-pyrrole nitrogens is 1. The van der Waals surface area contributed by atoms with Crippen LogP contribution in [0.25, 0.3) is 0 Å². The number of methoxy groups -OCH3 is 1. The van der Waals surface area contributed by atoms with Gasteiger partial charge in [0.15, 0.2) is 5.69 Å². The summed E-state index contributed by atoms with van der Waals surface area (Å²) in [6, 6.07) is 9.73. The largest absolute Gasteiger partial charge is 0.497 e. The van der Waals surface area contributed by atoms with Crippen LogP contribution in [0, 0.1) is 5.92 Å². The van der Waals surface area contributed by atoms with E-state index in [0.717, 1.165) is 30.7 Å². The Hall–Kier alpha value is -2.30. The van der Waals surface area contributed by atoms with Gasteiger partial charge in [0.1, 0.15) is 5.75 Å². The van der Waals surface area contributed by atoms with Crippen molar-refractivity contribution in [1.29, 1.82) is 0 Å². The van der Waals surface area contributed by atoms with Crippen LogP contribution >= 0.6 is 0 Å². The van der Waals surface area contributed by atoms with Gasteiger partial charge in [0, 0.05) is 5.69 Å². The summed E-state index contributed by atoms with van der Waals surface area (Å²) in [5, 5.41) is 6.94. The Morgan fingerprint density at radius 3 is 2.61 bits per heavy atom. The van der Waals surface area contributed by atoms with Crippen molar-refractivity contribution in [2.75, 3.05) is 13.7 Å². The molecule has 0 aliphatic rings. The van der Waals surface area contributed by atoms with E-state index < -0.39 is 0 Å². The van der Waals surface area contributed by atoms with Gasteiger partial charge >= 0.3 is 5.97 Å². The Morgan fingerprint density at radius 1 is 1.22 bits per heavy atom. The molecule has 1 N–H and O–H groups in total.